The summed E-state index contributed by atoms with van der Waals surface area (Å²) in [5.41, 5.74) is 6.86. The minimum absolute atomic E-state index is 0.0767. The van der Waals surface area contributed by atoms with Crippen molar-refractivity contribution in [2.24, 2.45) is 0 Å². The van der Waals surface area contributed by atoms with Crippen molar-refractivity contribution in [2.75, 3.05) is 26.4 Å². The minimum atomic E-state index is -0.377. The smallest absolute Gasteiger partial charge is 0.330 e. The number of benzene rings is 4. The summed E-state index contributed by atoms with van der Waals surface area (Å²) in [6.45, 7) is 9.99. The molecule has 5 rings (SSSR count). The van der Waals surface area contributed by atoms with Gasteiger partial charge >= 0.3 is 11.9 Å². The molecule has 2 atom stereocenters. The van der Waals surface area contributed by atoms with Crippen LogP contribution in [0.25, 0.3) is 22.3 Å². The first-order valence-electron chi connectivity index (χ1n) is 20.0. The first-order chi connectivity index (χ1) is 27.5. The maximum absolute atomic E-state index is 11.1. The van der Waals surface area contributed by atoms with Gasteiger partial charge in [-0.2, -0.15) is 0 Å². The average molecular weight is 761 g/mol. The molecule has 0 aromatic heterocycles. The standard InChI is InChI=1S/C48H56O8/c1-3-47(49)53-33-11-5-9-31-51-43-27-23-41(24-28-43)39-19-15-37(16-20-39)35-55-45-13-7-8-14-46(45)56-36-38-17-21-40(22-18-38)42-25-29-44(30-26-42)52-32-10-6-12-34-54-48(50)4-2/h3-4,15-30,45-46H,1-2,5-14,31-36H2/t45-,46-/m1/s1. The van der Waals surface area contributed by atoms with Gasteiger partial charge in [-0.1, -0.05) is 98.8 Å². The zero-order valence-electron chi connectivity index (χ0n) is 32.5. The first kappa shape index (κ1) is 42.0. The Kier molecular flexibility index (Phi) is 17.7. The fraction of sp³-hybridized carbons (Fsp3) is 0.375. The van der Waals surface area contributed by atoms with E-state index in [2.05, 4.69) is 86.0 Å². The van der Waals surface area contributed by atoms with Gasteiger partial charge in [-0.15, -0.1) is 0 Å². The maximum Gasteiger partial charge on any atom is 0.330 e. The Morgan fingerprint density at radius 1 is 0.482 bits per heavy atom. The van der Waals surface area contributed by atoms with Gasteiger partial charge < -0.3 is 28.4 Å². The van der Waals surface area contributed by atoms with E-state index in [1.165, 1.54) is 12.2 Å². The molecule has 1 fully saturated rings. The van der Waals surface area contributed by atoms with Crippen molar-refractivity contribution in [3.8, 4) is 33.8 Å². The van der Waals surface area contributed by atoms with Gasteiger partial charge in [0, 0.05) is 12.2 Å². The molecule has 1 saturated carbocycles. The van der Waals surface area contributed by atoms with E-state index in [-0.39, 0.29) is 24.1 Å². The van der Waals surface area contributed by atoms with E-state index in [4.69, 9.17) is 28.4 Å². The molecule has 4 aromatic rings. The third-order valence-electron chi connectivity index (χ3n) is 9.79. The number of rotatable bonds is 24. The van der Waals surface area contributed by atoms with Gasteiger partial charge in [-0.25, -0.2) is 9.59 Å². The van der Waals surface area contributed by atoms with E-state index >= 15 is 0 Å². The predicted molar refractivity (Wildman–Crippen MR) is 220 cm³/mol. The second-order valence-corrected chi connectivity index (χ2v) is 14.0. The van der Waals surface area contributed by atoms with Gasteiger partial charge in [0.25, 0.3) is 0 Å². The van der Waals surface area contributed by atoms with Crippen molar-refractivity contribution in [1.29, 1.82) is 0 Å². The number of carbonyl (C=O) groups excluding carboxylic acids is 2. The van der Waals surface area contributed by atoms with Crippen molar-refractivity contribution < 1.29 is 38.0 Å². The third kappa shape index (κ3) is 14.5. The van der Waals surface area contributed by atoms with Gasteiger partial charge in [0.2, 0.25) is 0 Å². The van der Waals surface area contributed by atoms with Crippen LogP contribution in [0.4, 0.5) is 0 Å². The van der Waals surface area contributed by atoms with Crippen molar-refractivity contribution in [3.63, 3.8) is 0 Å². The Balaban J connectivity index is 0.992. The van der Waals surface area contributed by atoms with Gasteiger partial charge in [-0.3, -0.25) is 0 Å². The van der Waals surface area contributed by atoms with Gasteiger partial charge in [-0.05, 0) is 109 Å². The second-order valence-electron chi connectivity index (χ2n) is 14.0. The Bertz CT molecular complexity index is 1630. The zero-order chi connectivity index (χ0) is 39.2. The lowest BCUT2D eigenvalue weighted by Gasteiger charge is -2.31. The van der Waals surface area contributed by atoms with Crippen molar-refractivity contribution in [2.45, 2.75) is 89.6 Å². The summed E-state index contributed by atoms with van der Waals surface area (Å²) in [4.78, 5) is 22.2. The Morgan fingerprint density at radius 2 is 0.821 bits per heavy atom. The minimum Gasteiger partial charge on any atom is -0.494 e. The molecule has 8 nitrogen and oxygen atoms in total. The first-order valence-corrected chi connectivity index (χ1v) is 20.0. The fourth-order valence-corrected chi connectivity index (χ4v) is 6.53. The molecule has 56 heavy (non-hydrogen) atoms. The number of hydrogen-bond donors (Lipinski definition) is 0. The molecule has 0 unspecified atom stereocenters. The average Bonchev–Trinajstić information content (AvgIpc) is 3.25. The van der Waals surface area contributed by atoms with Gasteiger partial charge in [0.15, 0.2) is 0 Å². The van der Waals surface area contributed by atoms with Crippen LogP contribution >= 0.6 is 0 Å². The third-order valence-corrected chi connectivity index (χ3v) is 9.79. The van der Waals surface area contributed by atoms with E-state index in [1.54, 1.807) is 0 Å². The maximum atomic E-state index is 11.1. The van der Waals surface area contributed by atoms with Crippen LogP contribution in [0, 0.1) is 0 Å². The Morgan fingerprint density at radius 3 is 1.18 bits per heavy atom. The Hall–Kier alpha value is -5.18. The van der Waals surface area contributed by atoms with Crippen molar-refractivity contribution in [3.05, 3.63) is 133 Å². The monoisotopic (exact) mass is 760 g/mol. The topological polar surface area (TPSA) is 89.5 Å². The van der Waals surface area contributed by atoms with Crippen LogP contribution < -0.4 is 9.47 Å². The van der Waals surface area contributed by atoms with Gasteiger partial charge in [0.1, 0.15) is 11.5 Å². The summed E-state index contributed by atoms with van der Waals surface area (Å²) >= 11 is 0. The summed E-state index contributed by atoms with van der Waals surface area (Å²) in [5.74, 6) is 0.939. The zero-order valence-corrected chi connectivity index (χ0v) is 32.5. The molecule has 0 bridgehead atoms. The predicted octanol–water partition coefficient (Wildman–Crippen LogP) is 10.6. The molecule has 4 aromatic carbocycles. The van der Waals surface area contributed by atoms with Crippen LogP contribution in [0.3, 0.4) is 0 Å². The highest BCUT2D eigenvalue weighted by Crippen LogP contribution is 2.28. The molecule has 0 aliphatic heterocycles. The van der Waals surface area contributed by atoms with Crippen LogP contribution in [0.5, 0.6) is 11.5 Å². The normalized spacial score (nSPS) is 15.1. The molecule has 1 aliphatic carbocycles. The lowest BCUT2D eigenvalue weighted by Crippen LogP contribution is -2.34. The highest BCUT2D eigenvalue weighted by atomic mass is 16.5. The molecular weight excluding hydrogens is 705 g/mol. The number of hydrogen-bond acceptors (Lipinski definition) is 8. The van der Waals surface area contributed by atoms with Crippen LogP contribution in [0.15, 0.2) is 122 Å². The van der Waals surface area contributed by atoms with E-state index in [0.717, 1.165) is 109 Å². The SMILES string of the molecule is C=CC(=O)OCCCCCOc1ccc(-c2ccc(CO[C@@H]3CCCC[C@H]3OCc3ccc(-c4ccc(OCCCCCOC(=O)C=C)cc4)cc3)cc2)cc1. The number of esters is 2. The van der Waals surface area contributed by atoms with Crippen molar-refractivity contribution in [1.82, 2.24) is 0 Å². The summed E-state index contributed by atoms with van der Waals surface area (Å²) < 4.78 is 34.7. The lowest BCUT2D eigenvalue weighted by atomic mass is 9.94. The molecule has 296 valence electrons. The molecular formula is C48H56O8. The molecule has 0 saturated heterocycles. The molecule has 8 heteroatoms. The van der Waals surface area contributed by atoms with E-state index < -0.39 is 0 Å². The summed E-state index contributed by atoms with van der Waals surface area (Å²) in [5, 5.41) is 0. The molecule has 0 amide bonds. The summed E-state index contributed by atoms with van der Waals surface area (Å²) in [6.07, 6.45) is 12.1. The summed E-state index contributed by atoms with van der Waals surface area (Å²) in [7, 11) is 0. The van der Waals surface area contributed by atoms with Crippen LogP contribution in [-0.4, -0.2) is 50.6 Å². The molecule has 0 spiro atoms. The lowest BCUT2D eigenvalue weighted by molar-refractivity contribution is -0.138. The largest absolute Gasteiger partial charge is 0.494 e. The van der Waals surface area contributed by atoms with Crippen LogP contribution in [0.1, 0.15) is 75.3 Å². The van der Waals surface area contributed by atoms with Crippen LogP contribution in [-0.2, 0) is 41.8 Å². The summed E-state index contributed by atoms with van der Waals surface area (Å²) in [6, 6.07) is 33.5. The Labute approximate surface area is 332 Å². The quantitative estimate of drug-likeness (QED) is 0.0396. The van der Waals surface area contributed by atoms with Crippen LogP contribution in [0.2, 0.25) is 0 Å². The van der Waals surface area contributed by atoms with E-state index in [9.17, 15) is 9.59 Å². The number of carbonyl (C=O) groups is 2. The molecule has 1 aliphatic rings. The van der Waals surface area contributed by atoms with Gasteiger partial charge in [0.05, 0.1) is 51.8 Å². The van der Waals surface area contributed by atoms with E-state index in [0.29, 0.717) is 39.6 Å². The molecule has 0 radical (unpaired) electrons. The molecule has 0 N–H and O–H groups in total. The highest BCUT2D eigenvalue weighted by molar-refractivity contribution is 5.81. The van der Waals surface area contributed by atoms with E-state index in [1.807, 2.05) is 24.3 Å². The second kappa shape index (κ2) is 23.7. The number of unbranched alkanes of at least 4 members (excludes halogenated alkanes) is 4. The number of ether oxygens (including phenoxy) is 6. The van der Waals surface area contributed by atoms with Crippen molar-refractivity contribution >= 4 is 11.9 Å². The highest BCUT2D eigenvalue weighted by Gasteiger charge is 2.26. The molecule has 0 heterocycles. The fourth-order valence-electron chi connectivity index (χ4n) is 6.53.